The minimum atomic E-state index is -0.418. The fraction of sp³-hybridized carbons (Fsp3) is 0.667. The van der Waals surface area contributed by atoms with Crippen LogP contribution in [-0.4, -0.2) is 73.6 Å². The lowest BCUT2D eigenvalue weighted by Gasteiger charge is -2.42. The van der Waals surface area contributed by atoms with Crippen LogP contribution in [-0.2, 0) is 30.3 Å². The summed E-state index contributed by atoms with van der Waals surface area (Å²) in [6.45, 7) is 5.03. The number of ether oxygens (including phenoxy) is 2. The van der Waals surface area contributed by atoms with Crippen LogP contribution in [0.15, 0.2) is 22.8 Å². The first kappa shape index (κ1) is 21.4. The summed E-state index contributed by atoms with van der Waals surface area (Å²) in [5.74, 6) is 0.607. The fourth-order valence-electron chi connectivity index (χ4n) is 3.95. The Labute approximate surface area is 171 Å². The molecular weight excluding hydrogens is 376 g/mol. The van der Waals surface area contributed by atoms with Gasteiger partial charge in [0.2, 0.25) is 11.8 Å². The molecule has 2 aliphatic rings. The molecule has 0 unspecified atom stereocenters. The van der Waals surface area contributed by atoms with E-state index in [4.69, 9.17) is 13.9 Å². The van der Waals surface area contributed by atoms with E-state index in [9.17, 15) is 14.4 Å². The number of furan rings is 1. The summed E-state index contributed by atoms with van der Waals surface area (Å²) in [6, 6.07) is 3.68. The summed E-state index contributed by atoms with van der Waals surface area (Å²) < 4.78 is 15.9. The molecule has 2 saturated heterocycles. The van der Waals surface area contributed by atoms with Gasteiger partial charge in [-0.1, -0.05) is 0 Å². The smallest absolute Gasteiger partial charge is 0.302 e. The van der Waals surface area contributed by atoms with Crippen molar-refractivity contribution in [3.05, 3.63) is 24.2 Å². The fourth-order valence-corrected chi connectivity index (χ4v) is 3.95. The van der Waals surface area contributed by atoms with Crippen LogP contribution in [0.4, 0.5) is 0 Å². The first-order valence-electron chi connectivity index (χ1n) is 10.3. The number of nitrogens with zero attached hydrogens (tertiary/aromatic N) is 2. The zero-order valence-corrected chi connectivity index (χ0v) is 17.1. The summed E-state index contributed by atoms with van der Waals surface area (Å²) in [5, 5.41) is 0. The van der Waals surface area contributed by atoms with Crippen LogP contribution in [0.5, 0.6) is 0 Å². The van der Waals surface area contributed by atoms with Crippen molar-refractivity contribution >= 4 is 17.8 Å². The van der Waals surface area contributed by atoms with E-state index in [1.165, 1.54) is 6.92 Å². The number of carbonyl (C=O) groups is 3. The summed E-state index contributed by atoms with van der Waals surface area (Å²) in [7, 11) is 0. The summed E-state index contributed by atoms with van der Waals surface area (Å²) in [4.78, 5) is 40.4. The number of hydrogen-bond donors (Lipinski definition) is 0. The van der Waals surface area contributed by atoms with Gasteiger partial charge >= 0.3 is 5.97 Å². The third-order valence-electron chi connectivity index (χ3n) is 5.81. The average Bonchev–Trinajstić information content (AvgIpc) is 3.25. The molecule has 0 bridgehead atoms. The Kier molecular flexibility index (Phi) is 7.30. The van der Waals surface area contributed by atoms with E-state index in [0.717, 1.165) is 5.76 Å². The van der Waals surface area contributed by atoms with Crippen LogP contribution < -0.4 is 0 Å². The molecule has 160 valence electrons. The van der Waals surface area contributed by atoms with Crippen LogP contribution in [0.1, 0.15) is 38.4 Å². The van der Waals surface area contributed by atoms with Crippen molar-refractivity contribution in [2.75, 3.05) is 46.0 Å². The zero-order valence-electron chi connectivity index (χ0n) is 17.1. The van der Waals surface area contributed by atoms with Crippen molar-refractivity contribution in [2.45, 2.75) is 39.0 Å². The van der Waals surface area contributed by atoms with E-state index in [2.05, 4.69) is 0 Å². The summed E-state index contributed by atoms with van der Waals surface area (Å²) in [5.41, 5.74) is -0.418. The number of morpholine rings is 1. The van der Waals surface area contributed by atoms with Crippen LogP contribution in [0.2, 0.25) is 0 Å². The molecule has 29 heavy (non-hydrogen) atoms. The van der Waals surface area contributed by atoms with Crippen molar-refractivity contribution < 1.29 is 28.3 Å². The van der Waals surface area contributed by atoms with Gasteiger partial charge in [0.25, 0.3) is 0 Å². The molecule has 3 heterocycles. The van der Waals surface area contributed by atoms with Gasteiger partial charge in [-0.25, -0.2) is 0 Å². The Balaban J connectivity index is 1.55. The normalized spacial score (nSPS) is 19.1. The van der Waals surface area contributed by atoms with Gasteiger partial charge in [-0.15, -0.1) is 0 Å². The molecule has 3 rings (SSSR count). The lowest BCUT2D eigenvalue weighted by Crippen LogP contribution is -2.49. The first-order valence-corrected chi connectivity index (χ1v) is 10.3. The van der Waals surface area contributed by atoms with Crippen molar-refractivity contribution in [3.63, 3.8) is 0 Å². The predicted octanol–water partition coefficient (Wildman–Crippen LogP) is 1.63. The first-order chi connectivity index (χ1) is 14.0. The largest absolute Gasteiger partial charge is 0.469 e. The number of rotatable bonds is 7. The topological polar surface area (TPSA) is 89.3 Å². The van der Waals surface area contributed by atoms with Crippen molar-refractivity contribution in [1.29, 1.82) is 0 Å². The Morgan fingerprint density at radius 2 is 1.76 bits per heavy atom. The predicted molar refractivity (Wildman–Crippen MR) is 104 cm³/mol. The molecule has 0 aliphatic carbocycles. The number of aryl methyl sites for hydroxylation is 1. The molecule has 0 aromatic carbocycles. The van der Waals surface area contributed by atoms with Crippen LogP contribution in [0.3, 0.4) is 0 Å². The molecule has 2 fully saturated rings. The lowest BCUT2D eigenvalue weighted by atomic mass is 9.75. The van der Waals surface area contributed by atoms with Gasteiger partial charge in [0.15, 0.2) is 0 Å². The van der Waals surface area contributed by atoms with Crippen LogP contribution >= 0.6 is 0 Å². The molecular formula is C21H30N2O6. The van der Waals surface area contributed by atoms with Crippen LogP contribution in [0.25, 0.3) is 0 Å². The summed E-state index contributed by atoms with van der Waals surface area (Å²) >= 11 is 0. The van der Waals surface area contributed by atoms with E-state index >= 15 is 0 Å². The third kappa shape index (κ3) is 6.06. The minimum Gasteiger partial charge on any atom is -0.469 e. The van der Waals surface area contributed by atoms with Gasteiger partial charge in [0, 0.05) is 57.8 Å². The molecule has 2 amide bonds. The Bertz CT molecular complexity index is 688. The third-order valence-corrected chi connectivity index (χ3v) is 5.81. The highest BCUT2D eigenvalue weighted by Crippen LogP contribution is 2.36. The van der Waals surface area contributed by atoms with Gasteiger partial charge in [0.1, 0.15) is 5.76 Å². The van der Waals surface area contributed by atoms with Crippen LogP contribution in [0, 0.1) is 5.41 Å². The van der Waals surface area contributed by atoms with Crippen molar-refractivity contribution in [1.82, 2.24) is 9.80 Å². The average molecular weight is 406 g/mol. The Morgan fingerprint density at radius 3 is 2.38 bits per heavy atom. The van der Waals surface area contributed by atoms with Gasteiger partial charge in [-0.3, -0.25) is 14.4 Å². The lowest BCUT2D eigenvalue weighted by molar-refractivity contribution is -0.152. The number of likely N-dealkylation sites (tertiary alicyclic amines) is 1. The second kappa shape index (κ2) is 9.91. The SMILES string of the molecule is CC(=O)OCC1(CC(=O)N2CCOCC2)CCN(C(=O)CCc2ccco2)CC1. The number of hydrogen-bond acceptors (Lipinski definition) is 6. The second-order valence-electron chi connectivity index (χ2n) is 7.91. The zero-order chi connectivity index (χ0) is 20.7. The van der Waals surface area contributed by atoms with E-state index in [1.807, 2.05) is 21.9 Å². The second-order valence-corrected chi connectivity index (χ2v) is 7.91. The molecule has 1 aromatic rings. The molecule has 1 aromatic heterocycles. The molecule has 8 heteroatoms. The maximum absolute atomic E-state index is 12.8. The number of amides is 2. The highest BCUT2D eigenvalue weighted by molar-refractivity contribution is 5.78. The maximum Gasteiger partial charge on any atom is 0.302 e. The van der Waals surface area contributed by atoms with E-state index in [1.54, 1.807) is 6.26 Å². The van der Waals surface area contributed by atoms with Gasteiger partial charge < -0.3 is 23.7 Å². The molecule has 8 nitrogen and oxygen atoms in total. The molecule has 0 atom stereocenters. The van der Waals surface area contributed by atoms with Gasteiger partial charge in [-0.2, -0.15) is 0 Å². The van der Waals surface area contributed by atoms with Gasteiger partial charge in [0.05, 0.1) is 26.1 Å². The Hall–Kier alpha value is -2.35. The molecule has 0 N–H and O–H groups in total. The molecule has 2 aliphatic heterocycles. The molecule has 0 spiro atoms. The molecule has 0 radical (unpaired) electrons. The highest BCUT2D eigenvalue weighted by Gasteiger charge is 2.40. The quantitative estimate of drug-likeness (QED) is 0.640. The Morgan fingerprint density at radius 1 is 1.07 bits per heavy atom. The van der Waals surface area contributed by atoms with Crippen molar-refractivity contribution in [2.24, 2.45) is 5.41 Å². The number of piperidine rings is 1. The summed E-state index contributed by atoms with van der Waals surface area (Å²) in [6.07, 6.45) is 4.20. The van der Waals surface area contributed by atoms with E-state index in [0.29, 0.717) is 71.5 Å². The minimum absolute atomic E-state index is 0.0676. The maximum atomic E-state index is 12.8. The van der Waals surface area contributed by atoms with Gasteiger partial charge in [-0.05, 0) is 25.0 Å². The standard InChI is InChI=1S/C21H30N2O6/c1-17(24)29-16-21(15-20(26)23-10-13-27-14-11-23)6-8-22(9-7-21)19(25)5-4-18-3-2-12-28-18/h2-3,12H,4-11,13-16H2,1H3. The number of esters is 1. The molecule has 0 saturated carbocycles. The highest BCUT2D eigenvalue weighted by atomic mass is 16.5. The monoisotopic (exact) mass is 406 g/mol. The number of carbonyl (C=O) groups excluding carboxylic acids is 3. The van der Waals surface area contributed by atoms with Crippen molar-refractivity contribution in [3.8, 4) is 0 Å². The van der Waals surface area contributed by atoms with E-state index in [-0.39, 0.29) is 24.4 Å². The van der Waals surface area contributed by atoms with E-state index < -0.39 is 5.41 Å².